The topological polar surface area (TPSA) is 44.8 Å². The van der Waals surface area contributed by atoms with E-state index < -0.39 is 6.10 Å². The molecule has 0 saturated carbocycles. The van der Waals surface area contributed by atoms with Crippen LogP contribution >= 0.6 is 0 Å². The van der Waals surface area contributed by atoms with Crippen molar-refractivity contribution in [2.24, 2.45) is 5.92 Å². The van der Waals surface area contributed by atoms with Gasteiger partial charge in [0.15, 0.2) is 6.10 Å². The lowest BCUT2D eigenvalue weighted by Crippen LogP contribution is -2.36. The Kier molecular flexibility index (Phi) is 8.16. The molecule has 1 aromatic rings. The average molecular weight is 346 g/mol. The van der Waals surface area contributed by atoms with Crippen molar-refractivity contribution in [1.29, 1.82) is 0 Å². The van der Waals surface area contributed by atoms with E-state index in [1.807, 2.05) is 38.1 Å². The fourth-order valence-corrected chi connectivity index (χ4v) is 2.84. The van der Waals surface area contributed by atoms with Crippen LogP contribution in [0.2, 0.25) is 0 Å². The van der Waals surface area contributed by atoms with Crippen LogP contribution in [0.1, 0.15) is 45.6 Å². The molecular weight excluding hydrogens is 316 g/mol. The Bertz CT molecular complexity index is 538. The molecular formula is C21H30O4. The highest BCUT2D eigenvalue weighted by Gasteiger charge is 2.29. The SMILES string of the molecule is CC(C)OC(=O)[C@@H]1C=C[C@H](C)[C@@H](CCCCOCc2ccccc2)O1. The first-order chi connectivity index (χ1) is 12.1. The van der Waals surface area contributed by atoms with E-state index in [1.54, 1.807) is 0 Å². The first kappa shape index (κ1) is 19.7. The van der Waals surface area contributed by atoms with Gasteiger partial charge in [0.05, 0.1) is 18.8 Å². The van der Waals surface area contributed by atoms with Gasteiger partial charge in [0.1, 0.15) is 0 Å². The Morgan fingerprint density at radius 1 is 1.16 bits per heavy atom. The molecule has 0 amide bonds. The minimum atomic E-state index is -0.571. The van der Waals surface area contributed by atoms with Gasteiger partial charge in [-0.2, -0.15) is 0 Å². The number of hydrogen-bond acceptors (Lipinski definition) is 4. The molecule has 0 aromatic heterocycles. The molecule has 0 radical (unpaired) electrons. The smallest absolute Gasteiger partial charge is 0.339 e. The molecule has 0 spiro atoms. The second kappa shape index (κ2) is 10.4. The fourth-order valence-electron chi connectivity index (χ4n) is 2.84. The highest BCUT2D eigenvalue weighted by Crippen LogP contribution is 2.23. The maximum Gasteiger partial charge on any atom is 0.339 e. The lowest BCUT2D eigenvalue weighted by Gasteiger charge is -2.30. The summed E-state index contributed by atoms with van der Waals surface area (Å²) in [5, 5.41) is 0. The molecule has 0 saturated heterocycles. The summed E-state index contributed by atoms with van der Waals surface area (Å²) in [6.45, 7) is 7.21. The molecule has 0 fully saturated rings. The van der Waals surface area contributed by atoms with Crippen LogP contribution in [0.25, 0.3) is 0 Å². The number of unbranched alkanes of at least 4 members (excludes halogenated alkanes) is 1. The van der Waals surface area contributed by atoms with Gasteiger partial charge in [0.2, 0.25) is 0 Å². The van der Waals surface area contributed by atoms with E-state index in [2.05, 4.69) is 25.1 Å². The van der Waals surface area contributed by atoms with Crippen molar-refractivity contribution < 1.29 is 19.0 Å². The van der Waals surface area contributed by atoms with Gasteiger partial charge >= 0.3 is 5.97 Å². The Morgan fingerprint density at radius 3 is 2.64 bits per heavy atom. The van der Waals surface area contributed by atoms with Crippen molar-refractivity contribution in [3.8, 4) is 0 Å². The molecule has 0 aliphatic carbocycles. The fraction of sp³-hybridized carbons (Fsp3) is 0.571. The maximum atomic E-state index is 12.0. The van der Waals surface area contributed by atoms with E-state index in [9.17, 15) is 4.79 Å². The van der Waals surface area contributed by atoms with E-state index in [4.69, 9.17) is 14.2 Å². The average Bonchev–Trinajstić information content (AvgIpc) is 2.59. The van der Waals surface area contributed by atoms with Crippen molar-refractivity contribution in [2.75, 3.05) is 6.61 Å². The summed E-state index contributed by atoms with van der Waals surface area (Å²) < 4.78 is 16.9. The molecule has 1 aliphatic heterocycles. The van der Waals surface area contributed by atoms with Gasteiger partial charge < -0.3 is 14.2 Å². The maximum absolute atomic E-state index is 12.0. The second-order valence-corrected chi connectivity index (χ2v) is 6.86. The molecule has 4 heteroatoms. The molecule has 3 atom stereocenters. The second-order valence-electron chi connectivity index (χ2n) is 6.86. The summed E-state index contributed by atoms with van der Waals surface area (Å²) in [6, 6.07) is 10.2. The van der Waals surface area contributed by atoms with Gasteiger partial charge in [-0.25, -0.2) is 4.79 Å². The summed E-state index contributed by atoms with van der Waals surface area (Å²) in [5.74, 6) is 0.0164. The summed E-state index contributed by atoms with van der Waals surface area (Å²) in [6.07, 6.45) is 6.17. The standard InChI is InChI=1S/C21H30O4/c1-16(2)24-21(22)20-13-12-17(3)19(25-20)11-7-8-14-23-15-18-9-5-4-6-10-18/h4-6,9-10,12-13,16-17,19-20H,7-8,11,14-15H2,1-3H3/t17-,19+,20-/m0/s1. The number of carbonyl (C=O) groups is 1. The summed E-state index contributed by atoms with van der Waals surface area (Å²) in [7, 11) is 0. The molecule has 1 aromatic carbocycles. The normalized spacial score (nSPS) is 23.0. The van der Waals surface area contributed by atoms with E-state index >= 15 is 0 Å². The number of benzene rings is 1. The number of carbonyl (C=O) groups excluding carboxylic acids is 1. The van der Waals surface area contributed by atoms with Gasteiger partial charge in [-0.05, 0) is 44.7 Å². The van der Waals surface area contributed by atoms with Gasteiger partial charge in [-0.3, -0.25) is 0 Å². The number of esters is 1. The van der Waals surface area contributed by atoms with Crippen molar-refractivity contribution in [1.82, 2.24) is 0 Å². The Labute approximate surface area is 151 Å². The largest absolute Gasteiger partial charge is 0.461 e. The summed E-state index contributed by atoms with van der Waals surface area (Å²) >= 11 is 0. The predicted molar refractivity (Wildman–Crippen MR) is 98.1 cm³/mol. The monoisotopic (exact) mass is 346 g/mol. The Morgan fingerprint density at radius 2 is 1.92 bits per heavy atom. The lowest BCUT2D eigenvalue weighted by atomic mass is 9.96. The number of rotatable bonds is 9. The van der Waals surface area contributed by atoms with Crippen molar-refractivity contribution >= 4 is 5.97 Å². The minimum Gasteiger partial charge on any atom is -0.461 e. The molecule has 0 bridgehead atoms. The molecule has 0 N–H and O–H groups in total. The number of hydrogen-bond donors (Lipinski definition) is 0. The Hall–Kier alpha value is -1.65. The zero-order chi connectivity index (χ0) is 18.1. The van der Waals surface area contributed by atoms with Crippen LogP contribution in [0.3, 0.4) is 0 Å². The molecule has 2 rings (SSSR count). The molecule has 138 valence electrons. The quantitative estimate of drug-likeness (QED) is 0.380. The van der Waals surface area contributed by atoms with Gasteiger partial charge in [-0.15, -0.1) is 0 Å². The van der Waals surface area contributed by atoms with Crippen LogP contribution in [0.4, 0.5) is 0 Å². The van der Waals surface area contributed by atoms with Crippen LogP contribution in [-0.2, 0) is 25.6 Å². The van der Waals surface area contributed by atoms with Crippen molar-refractivity contribution in [3.63, 3.8) is 0 Å². The van der Waals surface area contributed by atoms with Gasteiger partial charge in [0.25, 0.3) is 0 Å². The van der Waals surface area contributed by atoms with Crippen LogP contribution in [-0.4, -0.2) is 30.9 Å². The highest BCUT2D eigenvalue weighted by atomic mass is 16.6. The van der Waals surface area contributed by atoms with Crippen molar-refractivity contribution in [3.05, 3.63) is 48.0 Å². The third-order valence-corrected chi connectivity index (χ3v) is 4.22. The first-order valence-electron chi connectivity index (χ1n) is 9.22. The van der Waals surface area contributed by atoms with Crippen LogP contribution in [0.15, 0.2) is 42.5 Å². The zero-order valence-electron chi connectivity index (χ0n) is 15.5. The lowest BCUT2D eigenvalue weighted by molar-refractivity contribution is -0.163. The van der Waals surface area contributed by atoms with E-state index in [0.29, 0.717) is 12.5 Å². The van der Waals surface area contributed by atoms with E-state index in [0.717, 1.165) is 25.9 Å². The molecule has 4 nitrogen and oxygen atoms in total. The zero-order valence-corrected chi connectivity index (χ0v) is 15.5. The van der Waals surface area contributed by atoms with Crippen LogP contribution in [0.5, 0.6) is 0 Å². The number of ether oxygens (including phenoxy) is 3. The molecule has 1 aliphatic rings. The highest BCUT2D eigenvalue weighted by molar-refractivity contribution is 5.77. The van der Waals surface area contributed by atoms with E-state index in [1.165, 1.54) is 5.56 Å². The third-order valence-electron chi connectivity index (χ3n) is 4.22. The third kappa shape index (κ3) is 7.00. The van der Waals surface area contributed by atoms with Gasteiger partial charge in [-0.1, -0.05) is 43.3 Å². The Balaban J connectivity index is 1.64. The van der Waals surface area contributed by atoms with Crippen LogP contribution < -0.4 is 0 Å². The molecule has 0 unspecified atom stereocenters. The van der Waals surface area contributed by atoms with Crippen LogP contribution in [0, 0.1) is 5.92 Å². The predicted octanol–water partition coefficient (Wildman–Crippen LogP) is 4.28. The summed E-state index contributed by atoms with van der Waals surface area (Å²) in [5.41, 5.74) is 1.20. The van der Waals surface area contributed by atoms with E-state index in [-0.39, 0.29) is 18.2 Å². The minimum absolute atomic E-state index is 0.0591. The first-order valence-corrected chi connectivity index (χ1v) is 9.22. The summed E-state index contributed by atoms with van der Waals surface area (Å²) in [4.78, 5) is 12.0. The molecule has 1 heterocycles. The molecule has 25 heavy (non-hydrogen) atoms. The van der Waals surface area contributed by atoms with Gasteiger partial charge in [0, 0.05) is 12.5 Å². The van der Waals surface area contributed by atoms with Crippen molar-refractivity contribution in [2.45, 2.75) is 65.0 Å².